The molecule has 8 nitrogen and oxygen atoms in total. The van der Waals surface area contributed by atoms with Crippen LogP contribution in [-0.2, 0) is 12.1 Å². The Morgan fingerprint density at radius 3 is 2.62 bits per heavy atom. The van der Waals surface area contributed by atoms with Crippen molar-refractivity contribution in [1.82, 2.24) is 19.9 Å². The van der Waals surface area contributed by atoms with E-state index >= 15 is 0 Å². The summed E-state index contributed by atoms with van der Waals surface area (Å²) in [6, 6.07) is 19.5. The highest BCUT2D eigenvalue weighted by molar-refractivity contribution is 6.01. The van der Waals surface area contributed by atoms with Gasteiger partial charge in [-0.25, -0.2) is 4.98 Å². The zero-order valence-electron chi connectivity index (χ0n) is 24.0. The van der Waals surface area contributed by atoms with Crippen LogP contribution in [0, 0.1) is 0 Å². The second-order valence-corrected chi connectivity index (χ2v) is 12.1. The molecule has 0 atom stereocenters. The summed E-state index contributed by atoms with van der Waals surface area (Å²) in [7, 11) is 0. The number of H-pyrrole nitrogens is 1. The van der Waals surface area contributed by atoms with Crippen LogP contribution in [0.25, 0.3) is 33.2 Å². The molecule has 2 aliphatic rings. The summed E-state index contributed by atoms with van der Waals surface area (Å²) in [5.41, 5.74) is 11.9. The van der Waals surface area contributed by atoms with Crippen LogP contribution in [0.5, 0.6) is 5.75 Å². The predicted molar refractivity (Wildman–Crippen MR) is 164 cm³/mol. The van der Waals surface area contributed by atoms with Crippen molar-refractivity contribution in [3.8, 4) is 17.0 Å². The highest BCUT2D eigenvalue weighted by atomic mass is 16.5. The number of imidazole rings is 1. The van der Waals surface area contributed by atoms with E-state index in [-0.39, 0.29) is 5.91 Å². The van der Waals surface area contributed by atoms with Crippen molar-refractivity contribution in [2.24, 2.45) is 5.73 Å². The number of hydrogen-bond donors (Lipinski definition) is 3. The lowest BCUT2D eigenvalue weighted by Crippen LogP contribution is -2.41. The number of carbonyl (C=O) groups is 2. The fourth-order valence-corrected chi connectivity index (χ4v) is 6.75. The fourth-order valence-electron chi connectivity index (χ4n) is 6.75. The Kier molecular flexibility index (Phi) is 6.30. The van der Waals surface area contributed by atoms with Gasteiger partial charge in [0.2, 0.25) is 5.91 Å². The second-order valence-electron chi connectivity index (χ2n) is 12.1. The van der Waals surface area contributed by atoms with Crippen molar-refractivity contribution in [3.63, 3.8) is 0 Å². The molecule has 1 aliphatic carbocycles. The van der Waals surface area contributed by atoms with Crippen molar-refractivity contribution < 1.29 is 14.3 Å². The summed E-state index contributed by atoms with van der Waals surface area (Å²) >= 11 is 0. The van der Waals surface area contributed by atoms with E-state index < -0.39 is 11.4 Å². The molecule has 0 radical (unpaired) electrons. The summed E-state index contributed by atoms with van der Waals surface area (Å²) in [6.07, 6.45) is 6.15. The first-order valence-electron chi connectivity index (χ1n) is 14.8. The summed E-state index contributed by atoms with van der Waals surface area (Å²) in [4.78, 5) is 33.3. The summed E-state index contributed by atoms with van der Waals surface area (Å²) in [5.74, 6) is 1.33. The molecule has 1 fully saturated rings. The number of rotatable bonds is 5. The van der Waals surface area contributed by atoms with Crippen molar-refractivity contribution in [2.45, 2.75) is 64.0 Å². The molecule has 214 valence electrons. The third-order valence-electron chi connectivity index (χ3n) is 8.88. The molecule has 2 amide bonds. The normalized spacial score (nSPS) is 15.6. The van der Waals surface area contributed by atoms with Crippen molar-refractivity contribution in [3.05, 3.63) is 83.2 Å². The largest absolute Gasteiger partial charge is 0.491 e. The molecule has 0 saturated heterocycles. The number of amides is 2. The van der Waals surface area contributed by atoms with E-state index in [0.717, 1.165) is 23.4 Å². The van der Waals surface area contributed by atoms with Crippen LogP contribution in [0.4, 0.5) is 0 Å². The molecule has 0 unspecified atom stereocenters. The molecule has 5 aromatic rings. The maximum absolute atomic E-state index is 13.7. The minimum absolute atomic E-state index is 0.180. The van der Waals surface area contributed by atoms with Crippen LogP contribution >= 0.6 is 0 Å². The van der Waals surface area contributed by atoms with Gasteiger partial charge >= 0.3 is 0 Å². The van der Waals surface area contributed by atoms with Crippen LogP contribution < -0.4 is 15.8 Å². The molecule has 3 aromatic carbocycles. The Morgan fingerprint density at radius 1 is 1.02 bits per heavy atom. The van der Waals surface area contributed by atoms with Crippen LogP contribution in [0.3, 0.4) is 0 Å². The molecule has 1 saturated carbocycles. The standard InChI is InChI=1S/C34H35N5O3/c1-34(2,33-36-25-15-13-21(31(35)40)18-26(25)37-33)38-32(41)22-12-14-23-27(19-22)39-16-17-42-28-11-7-6-10-24(28)30(39)29(23)20-8-4-3-5-9-20/h6-7,10-15,18-20H,3-5,8-9,16-17H2,1-2H3,(H2,35,40)(H,36,37)(H,38,41). The van der Waals surface area contributed by atoms with Crippen LogP contribution in [-0.4, -0.2) is 33.0 Å². The number of benzene rings is 3. The number of nitrogens with one attached hydrogen (secondary N) is 2. The summed E-state index contributed by atoms with van der Waals surface area (Å²) in [5, 5.41) is 4.40. The average molecular weight is 562 g/mol. The van der Waals surface area contributed by atoms with Crippen molar-refractivity contribution >= 4 is 33.8 Å². The monoisotopic (exact) mass is 561 g/mol. The molecular weight excluding hydrogens is 526 g/mol. The second kappa shape index (κ2) is 10.0. The number of aromatic amines is 1. The lowest BCUT2D eigenvalue weighted by atomic mass is 9.81. The van der Waals surface area contributed by atoms with Gasteiger partial charge in [-0.05, 0) is 80.6 Å². The fraction of sp³-hybridized carbons (Fsp3) is 0.324. The van der Waals surface area contributed by atoms with Gasteiger partial charge in [0, 0.05) is 27.6 Å². The van der Waals surface area contributed by atoms with Gasteiger partial charge in [-0.1, -0.05) is 37.5 Å². The van der Waals surface area contributed by atoms with E-state index in [4.69, 9.17) is 10.5 Å². The minimum atomic E-state index is -0.798. The van der Waals surface area contributed by atoms with Gasteiger partial charge < -0.3 is 25.3 Å². The number of primary amides is 1. The molecule has 0 bridgehead atoms. The van der Waals surface area contributed by atoms with E-state index in [1.54, 1.807) is 18.2 Å². The highest BCUT2D eigenvalue weighted by Crippen LogP contribution is 2.47. The molecule has 7 rings (SSSR count). The Bertz CT molecular complexity index is 1860. The first kappa shape index (κ1) is 26.3. The average Bonchev–Trinajstić information content (AvgIpc) is 3.51. The molecule has 1 aliphatic heterocycles. The van der Waals surface area contributed by atoms with Crippen molar-refractivity contribution in [2.75, 3.05) is 6.61 Å². The molecule has 4 N–H and O–H groups in total. The van der Waals surface area contributed by atoms with Gasteiger partial charge in [0.15, 0.2) is 0 Å². The zero-order valence-corrected chi connectivity index (χ0v) is 24.0. The number of para-hydroxylation sites is 1. The van der Waals surface area contributed by atoms with E-state index in [1.165, 1.54) is 48.7 Å². The number of hydrogen-bond acceptors (Lipinski definition) is 4. The maximum Gasteiger partial charge on any atom is 0.252 e. The Hall–Kier alpha value is -4.59. The number of carbonyl (C=O) groups excluding carboxylic acids is 2. The molecular formula is C34H35N5O3. The van der Waals surface area contributed by atoms with Crippen LogP contribution in [0.2, 0.25) is 0 Å². The smallest absolute Gasteiger partial charge is 0.252 e. The number of nitrogens with two attached hydrogens (primary N) is 1. The minimum Gasteiger partial charge on any atom is -0.491 e. The topological polar surface area (TPSA) is 115 Å². The van der Waals surface area contributed by atoms with Gasteiger partial charge in [-0.3, -0.25) is 9.59 Å². The number of nitrogens with zero attached hydrogens (tertiary/aromatic N) is 2. The Labute approximate surface area is 244 Å². The van der Waals surface area contributed by atoms with Gasteiger partial charge in [0.25, 0.3) is 5.91 Å². The van der Waals surface area contributed by atoms with Crippen LogP contribution in [0.15, 0.2) is 60.7 Å². The van der Waals surface area contributed by atoms with Crippen LogP contribution in [0.1, 0.15) is 84.0 Å². The van der Waals surface area contributed by atoms with E-state index in [2.05, 4.69) is 44.1 Å². The zero-order chi connectivity index (χ0) is 29.0. The van der Waals surface area contributed by atoms with E-state index in [0.29, 0.717) is 40.5 Å². The van der Waals surface area contributed by atoms with E-state index in [1.807, 2.05) is 32.0 Å². The Balaban J connectivity index is 1.27. The molecule has 0 spiro atoms. The maximum atomic E-state index is 13.7. The van der Waals surface area contributed by atoms with Gasteiger partial charge in [0.05, 0.1) is 28.8 Å². The first-order chi connectivity index (χ1) is 20.3. The predicted octanol–water partition coefficient (Wildman–Crippen LogP) is 6.39. The number of ether oxygens (including phenoxy) is 1. The molecule has 3 heterocycles. The van der Waals surface area contributed by atoms with E-state index in [9.17, 15) is 9.59 Å². The Morgan fingerprint density at radius 2 is 1.81 bits per heavy atom. The molecule has 2 aromatic heterocycles. The number of aromatic nitrogens is 3. The molecule has 42 heavy (non-hydrogen) atoms. The van der Waals surface area contributed by atoms with Crippen molar-refractivity contribution in [1.29, 1.82) is 0 Å². The quantitative estimate of drug-likeness (QED) is 0.231. The third-order valence-corrected chi connectivity index (χ3v) is 8.88. The van der Waals surface area contributed by atoms with Gasteiger partial charge in [-0.15, -0.1) is 0 Å². The summed E-state index contributed by atoms with van der Waals surface area (Å²) in [6.45, 7) is 5.12. The summed E-state index contributed by atoms with van der Waals surface area (Å²) < 4.78 is 8.55. The van der Waals surface area contributed by atoms with Gasteiger partial charge in [-0.2, -0.15) is 0 Å². The van der Waals surface area contributed by atoms with Gasteiger partial charge in [0.1, 0.15) is 18.2 Å². The first-order valence-corrected chi connectivity index (χ1v) is 14.8. The molecule has 8 heteroatoms. The number of fused-ring (bicyclic) bond motifs is 6. The SMILES string of the molecule is CC(C)(NC(=O)c1ccc2c(C3CCCCC3)c3n(c2c1)CCOc1ccccc1-3)c1nc2ccc(C(N)=O)cc2[nH]1. The third kappa shape index (κ3) is 4.42. The lowest BCUT2D eigenvalue weighted by molar-refractivity contribution is 0.0908. The lowest BCUT2D eigenvalue weighted by Gasteiger charge is -2.24. The highest BCUT2D eigenvalue weighted by Gasteiger charge is 2.31.